The molecule has 3 heterocycles. The summed E-state index contributed by atoms with van der Waals surface area (Å²) in [7, 11) is 0. The van der Waals surface area contributed by atoms with Crippen molar-refractivity contribution in [2.24, 2.45) is 0 Å². The summed E-state index contributed by atoms with van der Waals surface area (Å²) in [5, 5.41) is 15.0. The fourth-order valence-corrected chi connectivity index (χ4v) is 2.72. The summed E-state index contributed by atoms with van der Waals surface area (Å²) >= 11 is 0. The molecule has 0 unspecified atom stereocenters. The van der Waals surface area contributed by atoms with E-state index in [1.807, 2.05) is 26.0 Å². The van der Waals surface area contributed by atoms with Crippen LogP contribution >= 0.6 is 0 Å². The van der Waals surface area contributed by atoms with Gasteiger partial charge in [-0.3, -0.25) is 9.20 Å². The van der Waals surface area contributed by atoms with Gasteiger partial charge in [0.15, 0.2) is 17.3 Å². The van der Waals surface area contributed by atoms with E-state index in [2.05, 4.69) is 25.7 Å². The molecule has 0 aliphatic rings. The Balaban J connectivity index is 1.58. The number of pyridine rings is 1. The normalized spacial score (nSPS) is 11.3. The Kier molecular flexibility index (Phi) is 4.56. The molecule has 0 bridgehead atoms. The first-order valence-corrected chi connectivity index (χ1v) is 8.73. The highest BCUT2D eigenvalue weighted by molar-refractivity contribution is 5.94. The van der Waals surface area contributed by atoms with Gasteiger partial charge in [-0.25, -0.2) is 4.39 Å². The molecule has 4 rings (SSSR count). The van der Waals surface area contributed by atoms with Gasteiger partial charge in [-0.1, -0.05) is 25.1 Å². The molecule has 3 aromatic heterocycles. The number of carbonyl (C=O) groups excluding carboxylic acids is 1. The second kappa shape index (κ2) is 7.18. The number of halogens is 1. The third kappa shape index (κ3) is 3.34. The van der Waals surface area contributed by atoms with Crippen LogP contribution < -0.4 is 5.32 Å². The summed E-state index contributed by atoms with van der Waals surface area (Å²) in [4.78, 5) is 16.6. The quantitative estimate of drug-likeness (QED) is 0.572. The Labute approximate surface area is 159 Å². The van der Waals surface area contributed by atoms with Crippen LogP contribution in [-0.2, 0) is 6.54 Å². The fraction of sp³-hybridized carbons (Fsp3) is 0.211. The minimum Gasteiger partial charge on any atom is -0.345 e. The zero-order valence-electron chi connectivity index (χ0n) is 15.3. The van der Waals surface area contributed by atoms with E-state index in [1.54, 1.807) is 16.7 Å². The molecule has 0 radical (unpaired) electrons. The molecule has 0 saturated carbocycles. The van der Waals surface area contributed by atoms with E-state index in [4.69, 9.17) is 4.52 Å². The van der Waals surface area contributed by atoms with Crippen LogP contribution in [0.15, 0.2) is 47.1 Å². The molecular weight excluding hydrogens is 363 g/mol. The highest BCUT2D eigenvalue weighted by atomic mass is 19.1. The maximum Gasteiger partial charge on any atom is 0.261 e. The molecule has 0 saturated heterocycles. The van der Waals surface area contributed by atoms with E-state index in [9.17, 15) is 9.18 Å². The summed E-state index contributed by atoms with van der Waals surface area (Å²) in [6.07, 6.45) is 1.78. The summed E-state index contributed by atoms with van der Waals surface area (Å²) in [6.45, 7) is 4.08. The SMILES string of the molecule is CC(C)c1noc(-c2cccn3c(CNC(=O)c4cccc(F)c4)nnc23)n1. The minimum atomic E-state index is -0.467. The Bertz CT molecular complexity index is 1150. The summed E-state index contributed by atoms with van der Waals surface area (Å²) in [5.41, 5.74) is 1.43. The number of benzene rings is 1. The molecule has 0 atom stereocenters. The van der Waals surface area contributed by atoms with Gasteiger partial charge in [-0.05, 0) is 30.3 Å². The van der Waals surface area contributed by atoms with E-state index in [1.165, 1.54) is 18.2 Å². The van der Waals surface area contributed by atoms with E-state index in [0.717, 1.165) is 0 Å². The number of rotatable bonds is 5. The number of nitrogens with one attached hydrogen (secondary N) is 1. The largest absolute Gasteiger partial charge is 0.345 e. The summed E-state index contributed by atoms with van der Waals surface area (Å²) < 4.78 is 20.4. The molecule has 9 heteroatoms. The van der Waals surface area contributed by atoms with Gasteiger partial charge >= 0.3 is 0 Å². The van der Waals surface area contributed by atoms with E-state index >= 15 is 0 Å². The zero-order chi connectivity index (χ0) is 19.7. The number of aromatic nitrogens is 5. The third-order valence-electron chi connectivity index (χ3n) is 4.19. The lowest BCUT2D eigenvalue weighted by Crippen LogP contribution is -2.24. The highest BCUT2D eigenvalue weighted by Gasteiger charge is 2.17. The molecule has 0 fully saturated rings. The van der Waals surface area contributed by atoms with Crippen LogP contribution in [0.5, 0.6) is 0 Å². The Morgan fingerprint density at radius 3 is 2.86 bits per heavy atom. The van der Waals surface area contributed by atoms with E-state index < -0.39 is 11.7 Å². The summed E-state index contributed by atoms with van der Waals surface area (Å²) in [6, 6.07) is 9.11. The summed E-state index contributed by atoms with van der Waals surface area (Å²) in [5.74, 6) is 0.765. The minimum absolute atomic E-state index is 0.126. The lowest BCUT2D eigenvalue weighted by Gasteiger charge is -2.05. The van der Waals surface area contributed by atoms with Crippen LogP contribution in [0.4, 0.5) is 4.39 Å². The van der Waals surface area contributed by atoms with Gasteiger partial charge < -0.3 is 9.84 Å². The topological polar surface area (TPSA) is 98.2 Å². The smallest absolute Gasteiger partial charge is 0.261 e. The molecule has 0 spiro atoms. The first kappa shape index (κ1) is 17.8. The average molecular weight is 380 g/mol. The number of fused-ring (bicyclic) bond motifs is 1. The van der Waals surface area contributed by atoms with Crippen LogP contribution in [-0.4, -0.2) is 30.6 Å². The standard InChI is InChI=1S/C19H17FN6O2/c1-11(2)16-22-19(28-25-16)14-7-4-8-26-15(23-24-17(14)26)10-21-18(27)12-5-3-6-13(20)9-12/h3-9,11H,10H2,1-2H3,(H,21,27). The molecule has 1 N–H and O–H groups in total. The van der Waals surface area contributed by atoms with Crippen molar-refractivity contribution in [2.75, 3.05) is 0 Å². The number of amides is 1. The van der Waals surface area contributed by atoms with Crippen LogP contribution in [0.2, 0.25) is 0 Å². The van der Waals surface area contributed by atoms with Crippen LogP contribution in [0, 0.1) is 5.82 Å². The van der Waals surface area contributed by atoms with Crippen molar-refractivity contribution in [1.29, 1.82) is 0 Å². The van der Waals surface area contributed by atoms with Gasteiger partial charge in [0.25, 0.3) is 11.8 Å². The van der Waals surface area contributed by atoms with Gasteiger partial charge in [0.05, 0.1) is 12.1 Å². The molecular formula is C19H17FN6O2. The Morgan fingerprint density at radius 2 is 2.11 bits per heavy atom. The van der Waals surface area contributed by atoms with Gasteiger partial charge in [0.2, 0.25) is 0 Å². The highest BCUT2D eigenvalue weighted by Crippen LogP contribution is 2.23. The predicted molar refractivity (Wildman–Crippen MR) is 97.9 cm³/mol. The molecule has 4 aromatic rings. The number of hydrogen-bond acceptors (Lipinski definition) is 6. The third-order valence-corrected chi connectivity index (χ3v) is 4.19. The van der Waals surface area contributed by atoms with Crippen molar-refractivity contribution < 1.29 is 13.7 Å². The zero-order valence-corrected chi connectivity index (χ0v) is 15.3. The Hall–Kier alpha value is -3.62. The predicted octanol–water partition coefficient (Wildman–Crippen LogP) is 2.97. The second-order valence-electron chi connectivity index (χ2n) is 6.54. The van der Waals surface area contributed by atoms with Gasteiger partial charge in [0.1, 0.15) is 5.82 Å². The van der Waals surface area contributed by atoms with Crippen LogP contribution in [0.1, 0.15) is 41.8 Å². The molecule has 0 aliphatic heterocycles. The molecule has 1 amide bonds. The van der Waals surface area contributed by atoms with E-state index in [0.29, 0.717) is 28.8 Å². The molecule has 0 aliphatic carbocycles. The maximum atomic E-state index is 13.3. The lowest BCUT2D eigenvalue weighted by molar-refractivity contribution is 0.0949. The first-order valence-electron chi connectivity index (χ1n) is 8.73. The number of carbonyl (C=O) groups is 1. The van der Waals surface area contributed by atoms with Gasteiger partial charge in [0, 0.05) is 17.7 Å². The van der Waals surface area contributed by atoms with Crippen molar-refractivity contribution in [3.8, 4) is 11.5 Å². The van der Waals surface area contributed by atoms with Gasteiger partial charge in [-0.15, -0.1) is 10.2 Å². The van der Waals surface area contributed by atoms with Crippen molar-refractivity contribution in [2.45, 2.75) is 26.3 Å². The van der Waals surface area contributed by atoms with Gasteiger partial charge in [-0.2, -0.15) is 4.98 Å². The number of nitrogens with zero attached hydrogens (tertiary/aromatic N) is 5. The maximum absolute atomic E-state index is 13.3. The van der Waals surface area contributed by atoms with Crippen LogP contribution in [0.3, 0.4) is 0 Å². The van der Waals surface area contributed by atoms with Crippen molar-refractivity contribution in [3.63, 3.8) is 0 Å². The Morgan fingerprint density at radius 1 is 1.25 bits per heavy atom. The lowest BCUT2D eigenvalue weighted by atomic mass is 10.2. The van der Waals surface area contributed by atoms with Crippen molar-refractivity contribution in [1.82, 2.24) is 30.1 Å². The van der Waals surface area contributed by atoms with Crippen LogP contribution in [0.25, 0.3) is 17.1 Å². The monoisotopic (exact) mass is 380 g/mol. The molecule has 8 nitrogen and oxygen atoms in total. The first-order chi connectivity index (χ1) is 13.5. The molecule has 1 aromatic carbocycles. The van der Waals surface area contributed by atoms with Crippen molar-refractivity contribution >= 4 is 11.6 Å². The average Bonchev–Trinajstić information content (AvgIpc) is 3.33. The molecule has 142 valence electrons. The van der Waals surface area contributed by atoms with Crippen molar-refractivity contribution in [3.05, 3.63) is 65.6 Å². The molecule has 28 heavy (non-hydrogen) atoms. The fourth-order valence-electron chi connectivity index (χ4n) is 2.72. The van der Waals surface area contributed by atoms with E-state index in [-0.39, 0.29) is 18.0 Å². The second-order valence-corrected chi connectivity index (χ2v) is 6.54. The number of hydrogen-bond donors (Lipinski definition) is 1.